The third-order valence-corrected chi connectivity index (χ3v) is 4.55. The zero-order chi connectivity index (χ0) is 15.3. The molecule has 20 heavy (non-hydrogen) atoms. The molecule has 0 N–H and O–H groups in total. The molecule has 108 valence electrons. The zero-order valence-corrected chi connectivity index (χ0v) is 13.8. The summed E-state index contributed by atoms with van der Waals surface area (Å²) in [5, 5.41) is 0. The first-order valence-electron chi connectivity index (χ1n) is 6.41. The van der Waals surface area contributed by atoms with Crippen molar-refractivity contribution in [3.05, 3.63) is 28.0 Å². The van der Waals surface area contributed by atoms with Crippen LogP contribution in [0.4, 0.5) is 4.39 Å². The normalized spacial score (nSPS) is 20.2. The molecular weight excluding hydrogens is 326 g/mol. The molecule has 3 nitrogen and oxygen atoms in total. The summed E-state index contributed by atoms with van der Waals surface area (Å²) in [6.45, 7) is 9.03. The average Bonchev–Trinajstić information content (AvgIpc) is 2.51. The van der Waals surface area contributed by atoms with E-state index >= 15 is 0 Å². The fraction of sp³-hybridized carbons (Fsp3) is 0.500. The maximum Gasteiger partial charge on any atom is 0.497 e. The summed E-state index contributed by atoms with van der Waals surface area (Å²) < 4.78 is 26.2. The van der Waals surface area contributed by atoms with Gasteiger partial charge in [-0.3, -0.25) is 4.79 Å². The third kappa shape index (κ3) is 2.56. The lowest BCUT2D eigenvalue weighted by molar-refractivity contribution is 0.00578. The van der Waals surface area contributed by atoms with E-state index in [4.69, 9.17) is 9.31 Å². The van der Waals surface area contributed by atoms with Crippen LogP contribution in [-0.2, 0) is 9.31 Å². The Labute approximate surface area is 127 Å². The van der Waals surface area contributed by atoms with Crippen molar-refractivity contribution in [2.45, 2.75) is 45.8 Å². The second-order valence-corrected chi connectivity index (χ2v) is 6.86. The molecule has 0 bridgehead atoms. The average molecular weight is 343 g/mol. The summed E-state index contributed by atoms with van der Waals surface area (Å²) in [5.41, 5.74) is -0.447. The first-order chi connectivity index (χ1) is 9.05. The topological polar surface area (TPSA) is 35.5 Å². The molecule has 1 aliphatic rings. The maximum absolute atomic E-state index is 14.3. The molecule has 2 rings (SSSR count). The van der Waals surface area contributed by atoms with Gasteiger partial charge in [0.25, 0.3) is 0 Å². The van der Waals surface area contributed by atoms with Gasteiger partial charge in [0.05, 0.1) is 15.7 Å². The molecule has 1 aliphatic heterocycles. The molecule has 1 aromatic rings. The van der Waals surface area contributed by atoms with E-state index in [0.717, 1.165) is 0 Å². The highest BCUT2D eigenvalue weighted by molar-refractivity contribution is 9.10. The van der Waals surface area contributed by atoms with Crippen molar-refractivity contribution in [1.82, 2.24) is 0 Å². The van der Waals surface area contributed by atoms with Gasteiger partial charge in [-0.1, -0.05) is 0 Å². The van der Waals surface area contributed by atoms with Gasteiger partial charge in [0.15, 0.2) is 5.78 Å². The zero-order valence-electron chi connectivity index (χ0n) is 12.2. The maximum atomic E-state index is 14.3. The highest BCUT2D eigenvalue weighted by Crippen LogP contribution is 2.37. The number of halogens is 2. The molecule has 1 saturated heterocycles. The van der Waals surface area contributed by atoms with Crippen LogP contribution in [0.2, 0.25) is 0 Å². The minimum atomic E-state index is -0.824. The Bertz CT molecular complexity index is 556. The van der Waals surface area contributed by atoms with E-state index in [1.165, 1.54) is 19.1 Å². The van der Waals surface area contributed by atoms with E-state index in [2.05, 4.69) is 15.9 Å². The largest absolute Gasteiger partial charge is 0.497 e. The van der Waals surface area contributed by atoms with Crippen molar-refractivity contribution in [2.75, 3.05) is 0 Å². The predicted molar refractivity (Wildman–Crippen MR) is 79.8 cm³/mol. The first-order valence-corrected chi connectivity index (χ1v) is 7.20. The van der Waals surface area contributed by atoms with Crippen LogP contribution in [0.5, 0.6) is 0 Å². The molecule has 0 aliphatic carbocycles. The number of rotatable bonds is 2. The van der Waals surface area contributed by atoms with Gasteiger partial charge in [0.2, 0.25) is 0 Å². The quantitative estimate of drug-likeness (QED) is 0.612. The standard InChI is InChI=1S/C14H17BBrFO3/c1-8(18)9-6-10(12(17)11(16)7-9)15-19-13(2,3)14(4,5)20-15/h6-7H,1-5H3. The van der Waals surface area contributed by atoms with Crippen LogP contribution in [0.25, 0.3) is 0 Å². The highest BCUT2D eigenvalue weighted by atomic mass is 79.9. The molecule has 0 aromatic heterocycles. The van der Waals surface area contributed by atoms with E-state index in [1.807, 2.05) is 27.7 Å². The van der Waals surface area contributed by atoms with Crippen molar-refractivity contribution in [1.29, 1.82) is 0 Å². The minimum Gasteiger partial charge on any atom is -0.399 e. The number of benzene rings is 1. The molecule has 0 saturated carbocycles. The number of carbonyl (C=O) groups excluding carboxylic acids is 1. The van der Waals surface area contributed by atoms with E-state index in [1.54, 1.807) is 0 Å². The summed E-state index contributed by atoms with van der Waals surface area (Å²) in [5.74, 6) is -0.600. The van der Waals surface area contributed by atoms with Crippen molar-refractivity contribution in [3.63, 3.8) is 0 Å². The van der Waals surface area contributed by atoms with Crippen molar-refractivity contribution in [3.8, 4) is 0 Å². The van der Waals surface area contributed by atoms with Crippen LogP contribution in [0.1, 0.15) is 45.0 Å². The van der Waals surface area contributed by atoms with E-state index in [9.17, 15) is 9.18 Å². The van der Waals surface area contributed by atoms with Gasteiger partial charge in [0, 0.05) is 11.0 Å². The molecule has 0 spiro atoms. The molecule has 6 heteroatoms. The van der Waals surface area contributed by atoms with Gasteiger partial charge in [-0.05, 0) is 62.7 Å². The minimum absolute atomic E-state index is 0.136. The second kappa shape index (κ2) is 4.93. The molecular formula is C14H17BBrFO3. The lowest BCUT2D eigenvalue weighted by Gasteiger charge is -2.32. The monoisotopic (exact) mass is 342 g/mol. The Morgan fingerprint density at radius 2 is 1.70 bits per heavy atom. The van der Waals surface area contributed by atoms with Crippen LogP contribution in [-0.4, -0.2) is 24.1 Å². The van der Waals surface area contributed by atoms with Crippen LogP contribution >= 0.6 is 15.9 Å². The third-order valence-electron chi connectivity index (χ3n) is 3.97. The number of hydrogen-bond donors (Lipinski definition) is 0. The fourth-order valence-corrected chi connectivity index (χ4v) is 2.43. The molecule has 0 unspecified atom stereocenters. The predicted octanol–water partition coefficient (Wildman–Crippen LogP) is 3.09. The highest BCUT2D eigenvalue weighted by Gasteiger charge is 2.52. The van der Waals surface area contributed by atoms with Crippen molar-refractivity contribution in [2.24, 2.45) is 0 Å². The Morgan fingerprint density at radius 3 is 2.15 bits per heavy atom. The Morgan fingerprint density at radius 1 is 1.20 bits per heavy atom. The Hall–Kier alpha value is -0.715. The van der Waals surface area contributed by atoms with Crippen LogP contribution in [0.15, 0.2) is 16.6 Å². The lowest BCUT2D eigenvalue weighted by atomic mass is 9.77. The fourth-order valence-electron chi connectivity index (χ4n) is 1.96. The second-order valence-electron chi connectivity index (χ2n) is 6.01. The molecule has 0 atom stereocenters. The van der Waals surface area contributed by atoms with Crippen LogP contribution in [0, 0.1) is 5.82 Å². The molecule has 0 amide bonds. The van der Waals surface area contributed by atoms with Gasteiger partial charge < -0.3 is 9.31 Å². The summed E-state index contributed by atoms with van der Waals surface area (Å²) >= 11 is 3.13. The number of ketones is 1. The number of Topliss-reactive ketones (excluding diaryl/α,β-unsaturated/α-hetero) is 1. The molecule has 1 aromatic carbocycles. The summed E-state index contributed by atoms with van der Waals surface area (Å²) in [4.78, 5) is 11.5. The van der Waals surface area contributed by atoms with Crippen molar-refractivity contribution < 1.29 is 18.5 Å². The van der Waals surface area contributed by atoms with Crippen LogP contribution < -0.4 is 5.46 Å². The van der Waals surface area contributed by atoms with E-state index in [-0.39, 0.29) is 15.7 Å². The summed E-state index contributed by atoms with van der Waals surface area (Å²) in [6, 6.07) is 2.96. The van der Waals surface area contributed by atoms with Gasteiger partial charge in [-0.15, -0.1) is 0 Å². The van der Waals surface area contributed by atoms with Gasteiger partial charge in [-0.2, -0.15) is 0 Å². The molecule has 1 heterocycles. The van der Waals surface area contributed by atoms with E-state index in [0.29, 0.717) is 5.56 Å². The lowest BCUT2D eigenvalue weighted by Crippen LogP contribution is -2.41. The van der Waals surface area contributed by atoms with Gasteiger partial charge in [0.1, 0.15) is 5.82 Å². The van der Waals surface area contributed by atoms with E-state index < -0.39 is 24.1 Å². The van der Waals surface area contributed by atoms with Gasteiger partial charge in [-0.25, -0.2) is 4.39 Å². The summed E-state index contributed by atoms with van der Waals surface area (Å²) in [7, 11) is -0.824. The van der Waals surface area contributed by atoms with Crippen LogP contribution in [0.3, 0.4) is 0 Å². The molecule has 1 fully saturated rings. The van der Waals surface area contributed by atoms with Crippen molar-refractivity contribution >= 4 is 34.3 Å². The number of carbonyl (C=O) groups is 1. The summed E-state index contributed by atoms with van der Waals surface area (Å²) in [6.07, 6.45) is 0. The Balaban J connectivity index is 2.47. The first kappa shape index (κ1) is 15.7. The molecule has 0 radical (unpaired) electrons. The Kier molecular flexibility index (Phi) is 3.86. The van der Waals surface area contributed by atoms with Gasteiger partial charge >= 0.3 is 7.12 Å². The smallest absolute Gasteiger partial charge is 0.399 e. The number of hydrogen-bond acceptors (Lipinski definition) is 3. The SMILES string of the molecule is CC(=O)c1cc(Br)c(F)c(B2OC(C)(C)C(C)(C)O2)c1.